The van der Waals surface area contributed by atoms with Gasteiger partial charge in [0.25, 0.3) is 0 Å². The van der Waals surface area contributed by atoms with Crippen molar-refractivity contribution in [1.29, 1.82) is 0 Å². The summed E-state index contributed by atoms with van der Waals surface area (Å²) in [6, 6.07) is 4.12. The maximum absolute atomic E-state index is 12.9. The van der Waals surface area contributed by atoms with Gasteiger partial charge in [-0.15, -0.1) is 0 Å². The fraction of sp³-hybridized carbons (Fsp3) is 0.571. The van der Waals surface area contributed by atoms with Crippen LogP contribution in [0.25, 0.3) is 0 Å². The Morgan fingerprint density at radius 3 is 2.62 bits per heavy atom. The van der Waals surface area contributed by atoms with Crippen molar-refractivity contribution in [2.24, 2.45) is 0 Å². The second kappa shape index (κ2) is 7.64. The zero-order valence-corrected chi connectivity index (χ0v) is 13.6. The van der Waals surface area contributed by atoms with E-state index in [1.54, 1.807) is 6.07 Å². The molecule has 1 aromatic carbocycles. The highest BCUT2D eigenvalue weighted by Crippen LogP contribution is 2.37. The molecule has 0 aliphatic carbocycles. The van der Waals surface area contributed by atoms with E-state index < -0.39 is 11.7 Å². The van der Waals surface area contributed by atoms with E-state index in [0.29, 0.717) is 9.99 Å². The number of morpholine rings is 1. The molecule has 0 saturated carbocycles. The smallest absolute Gasteiger partial charge is 0.419 e. The van der Waals surface area contributed by atoms with Gasteiger partial charge in [0.05, 0.1) is 25.4 Å². The fourth-order valence-electron chi connectivity index (χ4n) is 2.14. The Labute approximate surface area is 135 Å². The molecule has 2 rings (SSSR count). The number of hydrogen-bond acceptors (Lipinski definition) is 3. The van der Waals surface area contributed by atoms with Gasteiger partial charge in [-0.25, -0.2) is 0 Å². The zero-order valence-electron chi connectivity index (χ0n) is 11.5. The van der Waals surface area contributed by atoms with Crippen LogP contribution >= 0.6 is 22.6 Å². The highest BCUT2D eigenvalue weighted by atomic mass is 127. The first-order valence-corrected chi connectivity index (χ1v) is 7.84. The molecule has 1 fully saturated rings. The summed E-state index contributed by atoms with van der Waals surface area (Å²) in [5, 5.41) is 0. The van der Waals surface area contributed by atoms with Gasteiger partial charge in [-0.05, 0) is 47.2 Å². The first kappa shape index (κ1) is 16.8. The van der Waals surface area contributed by atoms with E-state index in [1.165, 1.54) is 6.07 Å². The van der Waals surface area contributed by atoms with Gasteiger partial charge in [-0.2, -0.15) is 13.2 Å². The standard InChI is InChI=1S/C14H17F3INO2/c15-14(16,17)12-10-11(18)2-3-13(12)21-7-1-4-19-5-8-20-9-6-19/h2-3,10H,1,4-9H2. The van der Waals surface area contributed by atoms with Crippen molar-refractivity contribution in [2.75, 3.05) is 39.5 Å². The molecule has 7 heteroatoms. The lowest BCUT2D eigenvalue weighted by atomic mass is 10.2. The van der Waals surface area contributed by atoms with Crippen LogP contribution in [0.1, 0.15) is 12.0 Å². The van der Waals surface area contributed by atoms with Gasteiger partial charge in [-0.3, -0.25) is 4.90 Å². The molecule has 0 N–H and O–H groups in total. The lowest BCUT2D eigenvalue weighted by molar-refractivity contribution is -0.139. The molecule has 1 aliphatic heterocycles. The van der Waals surface area contributed by atoms with E-state index in [0.717, 1.165) is 38.9 Å². The summed E-state index contributed by atoms with van der Waals surface area (Å²) in [5.74, 6) is -0.0927. The minimum absolute atomic E-state index is 0.0927. The molecule has 3 nitrogen and oxygen atoms in total. The fourth-order valence-corrected chi connectivity index (χ4v) is 2.64. The minimum Gasteiger partial charge on any atom is -0.493 e. The maximum atomic E-state index is 12.9. The average Bonchev–Trinajstić information content (AvgIpc) is 2.45. The molecular formula is C14H17F3INO2. The molecule has 0 radical (unpaired) electrons. The largest absolute Gasteiger partial charge is 0.493 e. The second-order valence-corrected chi connectivity index (χ2v) is 6.04. The summed E-state index contributed by atoms with van der Waals surface area (Å²) in [6.45, 7) is 4.27. The Kier molecular flexibility index (Phi) is 6.12. The third-order valence-electron chi connectivity index (χ3n) is 3.23. The van der Waals surface area contributed by atoms with Gasteiger partial charge >= 0.3 is 6.18 Å². The summed E-state index contributed by atoms with van der Waals surface area (Å²) in [6.07, 6.45) is -3.69. The third-order valence-corrected chi connectivity index (χ3v) is 3.90. The number of ether oxygens (including phenoxy) is 2. The van der Waals surface area contributed by atoms with Crippen LogP contribution in [-0.2, 0) is 10.9 Å². The number of alkyl halides is 3. The van der Waals surface area contributed by atoms with Crippen molar-refractivity contribution in [3.8, 4) is 5.75 Å². The van der Waals surface area contributed by atoms with E-state index in [4.69, 9.17) is 9.47 Å². The monoisotopic (exact) mass is 415 g/mol. The van der Waals surface area contributed by atoms with Crippen molar-refractivity contribution < 1.29 is 22.6 Å². The summed E-state index contributed by atoms with van der Waals surface area (Å²) < 4.78 is 49.9. The van der Waals surface area contributed by atoms with Crippen LogP contribution in [0.2, 0.25) is 0 Å². The molecule has 1 aliphatic rings. The van der Waals surface area contributed by atoms with E-state index >= 15 is 0 Å². The van der Waals surface area contributed by atoms with E-state index in [1.807, 2.05) is 22.6 Å². The van der Waals surface area contributed by atoms with Crippen LogP contribution < -0.4 is 4.74 Å². The number of nitrogens with zero attached hydrogens (tertiary/aromatic N) is 1. The molecule has 0 unspecified atom stereocenters. The van der Waals surface area contributed by atoms with Gasteiger partial charge in [0.2, 0.25) is 0 Å². The molecule has 1 aromatic rings. The summed E-state index contributed by atoms with van der Waals surface area (Å²) in [7, 11) is 0. The van der Waals surface area contributed by atoms with Gasteiger partial charge in [0.1, 0.15) is 5.75 Å². The van der Waals surface area contributed by atoms with Crippen LogP contribution in [0.4, 0.5) is 13.2 Å². The van der Waals surface area contributed by atoms with Crippen molar-refractivity contribution in [2.45, 2.75) is 12.6 Å². The van der Waals surface area contributed by atoms with Crippen molar-refractivity contribution in [1.82, 2.24) is 4.90 Å². The average molecular weight is 415 g/mol. The van der Waals surface area contributed by atoms with Gasteiger partial charge in [0, 0.05) is 23.2 Å². The van der Waals surface area contributed by atoms with Gasteiger partial charge in [-0.1, -0.05) is 0 Å². The first-order chi connectivity index (χ1) is 9.97. The van der Waals surface area contributed by atoms with Crippen molar-refractivity contribution in [3.63, 3.8) is 0 Å². The number of hydrogen-bond donors (Lipinski definition) is 0. The van der Waals surface area contributed by atoms with E-state index in [2.05, 4.69) is 4.90 Å². The SMILES string of the molecule is FC(F)(F)c1cc(I)ccc1OCCCN1CCOCC1. The van der Waals surface area contributed by atoms with Crippen molar-refractivity contribution >= 4 is 22.6 Å². The van der Waals surface area contributed by atoms with Crippen LogP contribution in [0.5, 0.6) is 5.75 Å². The molecule has 118 valence electrons. The summed E-state index contributed by atoms with van der Waals surface area (Å²) >= 11 is 1.86. The zero-order chi connectivity index (χ0) is 15.3. The first-order valence-electron chi connectivity index (χ1n) is 6.76. The number of rotatable bonds is 5. The molecule has 0 spiro atoms. The lowest BCUT2D eigenvalue weighted by Gasteiger charge is -2.26. The Hall–Kier alpha value is -0.540. The normalized spacial score (nSPS) is 17.0. The van der Waals surface area contributed by atoms with Crippen LogP contribution in [-0.4, -0.2) is 44.4 Å². The molecular weight excluding hydrogens is 398 g/mol. The number of halogens is 4. The Balaban J connectivity index is 1.85. The Morgan fingerprint density at radius 2 is 1.95 bits per heavy atom. The molecule has 0 aromatic heterocycles. The second-order valence-electron chi connectivity index (χ2n) is 4.79. The predicted molar refractivity (Wildman–Crippen MR) is 81.5 cm³/mol. The minimum atomic E-state index is -4.39. The molecule has 1 saturated heterocycles. The lowest BCUT2D eigenvalue weighted by Crippen LogP contribution is -2.37. The highest BCUT2D eigenvalue weighted by Gasteiger charge is 2.34. The van der Waals surface area contributed by atoms with E-state index in [9.17, 15) is 13.2 Å². The topological polar surface area (TPSA) is 21.7 Å². The predicted octanol–water partition coefficient (Wildman–Crippen LogP) is 3.41. The molecule has 0 amide bonds. The highest BCUT2D eigenvalue weighted by molar-refractivity contribution is 14.1. The maximum Gasteiger partial charge on any atom is 0.419 e. The van der Waals surface area contributed by atoms with Crippen molar-refractivity contribution in [3.05, 3.63) is 27.3 Å². The van der Waals surface area contributed by atoms with Crippen LogP contribution in [0, 0.1) is 3.57 Å². The van der Waals surface area contributed by atoms with E-state index in [-0.39, 0.29) is 12.4 Å². The van der Waals surface area contributed by atoms with Crippen LogP contribution in [0.15, 0.2) is 18.2 Å². The Morgan fingerprint density at radius 1 is 1.24 bits per heavy atom. The summed E-state index contributed by atoms with van der Waals surface area (Å²) in [5.41, 5.74) is -0.708. The molecule has 1 heterocycles. The van der Waals surface area contributed by atoms with Gasteiger partial charge in [0.15, 0.2) is 0 Å². The van der Waals surface area contributed by atoms with Gasteiger partial charge < -0.3 is 9.47 Å². The quantitative estimate of drug-likeness (QED) is 0.544. The third kappa shape index (κ3) is 5.30. The van der Waals surface area contributed by atoms with Crippen LogP contribution in [0.3, 0.4) is 0 Å². The molecule has 0 atom stereocenters. The summed E-state index contributed by atoms with van der Waals surface area (Å²) in [4.78, 5) is 2.23. The molecule has 0 bridgehead atoms. The molecule has 21 heavy (non-hydrogen) atoms. The Bertz CT molecular complexity index is 462. The number of benzene rings is 1.